The summed E-state index contributed by atoms with van der Waals surface area (Å²) in [5, 5.41) is 0.800. The fourth-order valence-corrected chi connectivity index (χ4v) is 5.38. The summed E-state index contributed by atoms with van der Waals surface area (Å²) in [4.78, 5) is 16.6. The molecule has 1 atom stereocenters. The normalized spacial score (nSPS) is 24.2. The molecule has 7 heteroatoms. The number of nitrogens with zero attached hydrogens (tertiary/aromatic N) is 2. The highest BCUT2D eigenvalue weighted by atomic mass is 35.5. The van der Waals surface area contributed by atoms with Crippen molar-refractivity contribution in [2.45, 2.75) is 12.8 Å². The fraction of sp³-hybridized carbons (Fsp3) is 0.588. The van der Waals surface area contributed by atoms with Gasteiger partial charge in [-0.05, 0) is 24.5 Å². The second-order valence-corrected chi connectivity index (χ2v) is 9.24. The van der Waals surface area contributed by atoms with Crippen LogP contribution in [0.15, 0.2) is 24.3 Å². The Morgan fingerprint density at radius 2 is 1.88 bits per heavy atom. The van der Waals surface area contributed by atoms with Crippen LogP contribution in [0.25, 0.3) is 0 Å². The second kappa shape index (κ2) is 7.42. The maximum atomic E-state index is 12.4. The number of amides is 1. The number of sulfone groups is 1. The number of carbonyl (C=O) groups excluding carboxylic acids is 1. The van der Waals surface area contributed by atoms with Crippen LogP contribution in [0.2, 0.25) is 5.02 Å². The highest BCUT2D eigenvalue weighted by Crippen LogP contribution is 2.22. The van der Waals surface area contributed by atoms with Crippen LogP contribution in [0.4, 0.5) is 0 Å². The zero-order chi connectivity index (χ0) is 17.2. The van der Waals surface area contributed by atoms with Gasteiger partial charge in [-0.25, -0.2) is 8.42 Å². The van der Waals surface area contributed by atoms with Gasteiger partial charge in [0, 0.05) is 37.7 Å². The van der Waals surface area contributed by atoms with Crippen LogP contribution in [-0.2, 0) is 21.1 Å². The van der Waals surface area contributed by atoms with Gasteiger partial charge in [0.05, 0.1) is 17.4 Å². The van der Waals surface area contributed by atoms with E-state index in [4.69, 9.17) is 11.6 Å². The van der Waals surface area contributed by atoms with Crippen molar-refractivity contribution in [1.82, 2.24) is 9.80 Å². The lowest BCUT2D eigenvalue weighted by Crippen LogP contribution is -2.50. The zero-order valence-electron chi connectivity index (χ0n) is 13.7. The van der Waals surface area contributed by atoms with Gasteiger partial charge in [0.15, 0.2) is 9.84 Å². The Balaban J connectivity index is 1.46. The van der Waals surface area contributed by atoms with E-state index in [0.717, 1.165) is 36.6 Å². The van der Waals surface area contributed by atoms with E-state index in [-0.39, 0.29) is 23.3 Å². The van der Waals surface area contributed by atoms with E-state index in [0.29, 0.717) is 19.5 Å². The Labute approximate surface area is 148 Å². The molecular formula is C17H23ClN2O3S. The van der Waals surface area contributed by atoms with Crippen LogP contribution >= 0.6 is 11.6 Å². The summed E-state index contributed by atoms with van der Waals surface area (Å²) in [5.41, 5.74) is 1.15. The molecule has 0 unspecified atom stereocenters. The summed E-state index contributed by atoms with van der Waals surface area (Å²) in [6, 6.07) is 7.87. The van der Waals surface area contributed by atoms with E-state index in [2.05, 4.69) is 4.90 Å². The van der Waals surface area contributed by atoms with Crippen molar-refractivity contribution in [3.8, 4) is 0 Å². The van der Waals surface area contributed by atoms with E-state index in [9.17, 15) is 13.2 Å². The van der Waals surface area contributed by atoms with E-state index in [1.165, 1.54) is 0 Å². The van der Waals surface area contributed by atoms with Crippen LogP contribution in [0.3, 0.4) is 0 Å². The molecule has 0 spiro atoms. The standard InChI is InChI=1S/C17H23ClN2O3S/c18-16-4-2-1-3-14(16)5-7-19-8-10-20(11-9-19)17(21)15-6-12-24(22,23)13-15/h1-4,15H,5-13H2/t15-/m0/s1. The number of hydrogen-bond donors (Lipinski definition) is 0. The molecule has 0 aromatic heterocycles. The van der Waals surface area contributed by atoms with Crippen LogP contribution in [0.5, 0.6) is 0 Å². The Morgan fingerprint density at radius 1 is 1.17 bits per heavy atom. The molecule has 0 bridgehead atoms. The molecular weight excluding hydrogens is 348 g/mol. The largest absolute Gasteiger partial charge is 0.340 e. The lowest BCUT2D eigenvalue weighted by atomic mass is 10.1. The molecule has 2 saturated heterocycles. The van der Waals surface area contributed by atoms with Gasteiger partial charge in [-0.3, -0.25) is 9.69 Å². The van der Waals surface area contributed by atoms with Crippen molar-refractivity contribution in [3.05, 3.63) is 34.9 Å². The van der Waals surface area contributed by atoms with Gasteiger partial charge in [-0.15, -0.1) is 0 Å². The van der Waals surface area contributed by atoms with E-state index in [1.54, 1.807) is 0 Å². The Kier molecular flexibility index (Phi) is 5.47. The molecule has 1 aromatic rings. The minimum absolute atomic E-state index is 0.0156. The van der Waals surface area contributed by atoms with Gasteiger partial charge < -0.3 is 4.90 Å². The molecule has 132 valence electrons. The topological polar surface area (TPSA) is 57.7 Å². The molecule has 0 N–H and O–H groups in total. The fourth-order valence-electron chi connectivity index (χ4n) is 3.42. The van der Waals surface area contributed by atoms with Crippen molar-refractivity contribution in [3.63, 3.8) is 0 Å². The van der Waals surface area contributed by atoms with Gasteiger partial charge in [0.1, 0.15) is 0 Å². The van der Waals surface area contributed by atoms with Gasteiger partial charge >= 0.3 is 0 Å². The van der Waals surface area contributed by atoms with Crippen LogP contribution in [0, 0.1) is 5.92 Å². The minimum Gasteiger partial charge on any atom is -0.340 e. The van der Waals surface area contributed by atoms with Gasteiger partial charge in [-0.2, -0.15) is 0 Å². The van der Waals surface area contributed by atoms with Crippen molar-refractivity contribution in [1.29, 1.82) is 0 Å². The van der Waals surface area contributed by atoms with Crippen molar-refractivity contribution in [2.75, 3.05) is 44.2 Å². The van der Waals surface area contributed by atoms with Crippen LogP contribution in [0.1, 0.15) is 12.0 Å². The number of piperazine rings is 1. The lowest BCUT2D eigenvalue weighted by Gasteiger charge is -2.35. The molecule has 2 aliphatic heterocycles. The van der Waals surface area contributed by atoms with E-state index < -0.39 is 9.84 Å². The number of rotatable bonds is 4. The summed E-state index contributed by atoms with van der Waals surface area (Å²) in [7, 11) is -3.00. The molecule has 0 saturated carbocycles. The highest BCUT2D eigenvalue weighted by molar-refractivity contribution is 7.91. The number of carbonyl (C=O) groups is 1. The van der Waals surface area contributed by atoms with Crippen LogP contribution in [-0.4, -0.2) is 68.4 Å². The third-order valence-corrected chi connectivity index (χ3v) is 7.06. The molecule has 2 aliphatic rings. The number of benzene rings is 1. The number of hydrogen-bond acceptors (Lipinski definition) is 4. The molecule has 1 aromatic carbocycles. The third kappa shape index (κ3) is 4.29. The first-order valence-corrected chi connectivity index (χ1v) is 10.6. The maximum absolute atomic E-state index is 12.4. The zero-order valence-corrected chi connectivity index (χ0v) is 15.2. The predicted molar refractivity (Wildman–Crippen MR) is 94.9 cm³/mol. The van der Waals surface area contributed by atoms with Gasteiger partial charge in [0.25, 0.3) is 0 Å². The second-order valence-electron chi connectivity index (χ2n) is 6.61. The Hall–Kier alpha value is -1.11. The van der Waals surface area contributed by atoms with Crippen molar-refractivity contribution < 1.29 is 13.2 Å². The molecule has 24 heavy (non-hydrogen) atoms. The molecule has 0 aliphatic carbocycles. The Morgan fingerprint density at radius 3 is 2.50 bits per heavy atom. The minimum atomic E-state index is -3.00. The van der Waals surface area contributed by atoms with Gasteiger partial charge in [0.2, 0.25) is 5.91 Å². The smallest absolute Gasteiger partial charge is 0.226 e. The quantitative estimate of drug-likeness (QED) is 0.805. The number of halogens is 1. The first-order valence-electron chi connectivity index (χ1n) is 8.39. The van der Waals surface area contributed by atoms with E-state index in [1.807, 2.05) is 29.2 Å². The predicted octanol–water partition coefficient (Wildman–Crippen LogP) is 1.46. The van der Waals surface area contributed by atoms with E-state index >= 15 is 0 Å². The lowest BCUT2D eigenvalue weighted by molar-refractivity contribution is -0.136. The summed E-state index contributed by atoms with van der Waals surface area (Å²) < 4.78 is 23.1. The molecule has 1 amide bonds. The van der Waals surface area contributed by atoms with Crippen molar-refractivity contribution in [2.24, 2.45) is 5.92 Å². The highest BCUT2D eigenvalue weighted by Gasteiger charge is 2.36. The summed E-state index contributed by atoms with van der Waals surface area (Å²) >= 11 is 6.18. The van der Waals surface area contributed by atoms with Gasteiger partial charge in [-0.1, -0.05) is 29.8 Å². The third-order valence-electron chi connectivity index (χ3n) is 4.92. The summed E-state index contributed by atoms with van der Waals surface area (Å²) in [6.45, 7) is 3.94. The maximum Gasteiger partial charge on any atom is 0.226 e. The molecule has 2 fully saturated rings. The molecule has 0 radical (unpaired) electrons. The molecule has 5 nitrogen and oxygen atoms in total. The molecule has 2 heterocycles. The first-order chi connectivity index (χ1) is 11.4. The summed E-state index contributed by atoms with van der Waals surface area (Å²) in [6.07, 6.45) is 1.38. The average molecular weight is 371 g/mol. The average Bonchev–Trinajstić information content (AvgIpc) is 2.94. The Bertz CT molecular complexity index is 700. The SMILES string of the molecule is O=C([C@H]1CCS(=O)(=O)C1)N1CCN(CCc2ccccc2Cl)CC1. The first kappa shape index (κ1) is 17.7. The van der Waals surface area contributed by atoms with Crippen molar-refractivity contribution >= 4 is 27.3 Å². The van der Waals surface area contributed by atoms with Crippen LogP contribution < -0.4 is 0 Å². The molecule has 3 rings (SSSR count). The summed E-state index contributed by atoms with van der Waals surface area (Å²) in [5.74, 6) is -0.133. The monoisotopic (exact) mass is 370 g/mol.